The number of hydrogen-bond acceptors (Lipinski definition) is 4. The van der Waals surface area contributed by atoms with Gasteiger partial charge in [0.2, 0.25) is 5.91 Å². The summed E-state index contributed by atoms with van der Waals surface area (Å²) in [6.07, 6.45) is 2.34. The summed E-state index contributed by atoms with van der Waals surface area (Å²) < 4.78 is 1.89. The summed E-state index contributed by atoms with van der Waals surface area (Å²) in [6, 6.07) is 5.54. The molecule has 0 aliphatic heterocycles. The Morgan fingerprint density at radius 1 is 1.33 bits per heavy atom. The average molecular weight is 289 g/mol. The molecular weight excluding hydrogens is 266 g/mol. The molecule has 1 atom stereocenters. The first kappa shape index (κ1) is 15.4. The number of fused-ring (bicyclic) bond motifs is 1. The summed E-state index contributed by atoms with van der Waals surface area (Å²) in [5.41, 5.74) is 0.803. The number of pyridine rings is 1. The Hall–Kier alpha value is -1.95. The van der Waals surface area contributed by atoms with E-state index in [2.05, 4.69) is 41.6 Å². The molecule has 0 saturated heterocycles. The molecule has 0 saturated carbocycles. The minimum absolute atomic E-state index is 0.00642. The first-order valence-electron chi connectivity index (χ1n) is 7.21. The lowest BCUT2D eigenvalue weighted by molar-refractivity contribution is -0.121. The SMILES string of the molecule is CC(NC(=O)CCNC(C)(C)C)c1nnc2ccccn12. The van der Waals surface area contributed by atoms with Crippen LogP contribution < -0.4 is 10.6 Å². The molecule has 2 aromatic rings. The molecule has 6 heteroatoms. The van der Waals surface area contributed by atoms with Gasteiger partial charge in [0.25, 0.3) is 0 Å². The predicted octanol–water partition coefficient (Wildman–Crippen LogP) is 1.68. The summed E-state index contributed by atoms with van der Waals surface area (Å²) in [6.45, 7) is 8.81. The van der Waals surface area contributed by atoms with Gasteiger partial charge in [-0.3, -0.25) is 9.20 Å². The van der Waals surface area contributed by atoms with Gasteiger partial charge in [-0.15, -0.1) is 10.2 Å². The average Bonchev–Trinajstić information content (AvgIpc) is 2.80. The summed E-state index contributed by atoms with van der Waals surface area (Å²) in [5.74, 6) is 0.745. The van der Waals surface area contributed by atoms with Gasteiger partial charge < -0.3 is 10.6 Å². The third-order valence-corrected chi connectivity index (χ3v) is 3.11. The number of aromatic nitrogens is 3. The Morgan fingerprint density at radius 3 is 2.81 bits per heavy atom. The van der Waals surface area contributed by atoms with Crippen molar-refractivity contribution in [2.45, 2.75) is 45.7 Å². The predicted molar refractivity (Wildman–Crippen MR) is 81.9 cm³/mol. The zero-order valence-electron chi connectivity index (χ0n) is 13.1. The molecule has 0 fully saturated rings. The van der Waals surface area contributed by atoms with Crippen LogP contribution in [0.5, 0.6) is 0 Å². The van der Waals surface area contributed by atoms with E-state index < -0.39 is 0 Å². The third-order valence-electron chi connectivity index (χ3n) is 3.11. The molecule has 0 radical (unpaired) electrons. The van der Waals surface area contributed by atoms with Crippen molar-refractivity contribution in [3.05, 3.63) is 30.2 Å². The maximum absolute atomic E-state index is 12.0. The molecule has 114 valence electrons. The number of nitrogens with zero attached hydrogens (tertiary/aromatic N) is 3. The quantitative estimate of drug-likeness (QED) is 0.878. The van der Waals surface area contributed by atoms with Gasteiger partial charge in [-0.2, -0.15) is 0 Å². The fourth-order valence-electron chi connectivity index (χ4n) is 2.08. The summed E-state index contributed by atoms with van der Waals surface area (Å²) in [7, 11) is 0. The zero-order valence-corrected chi connectivity index (χ0v) is 13.1. The second-order valence-corrected chi connectivity index (χ2v) is 6.20. The number of amides is 1. The van der Waals surface area contributed by atoms with E-state index >= 15 is 0 Å². The number of carbonyl (C=O) groups is 1. The van der Waals surface area contributed by atoms with Crippen LogP contribution in [-0.2, 0) is 4.79 Å². The van der Waals surface area contributed by atoms with Crippen LogP contribution in [0.2, 0.25) is 0 Å². The van der Waals surface area contributed by atoms with E-state index in [0.29, 0.717) is 13.0 Å². The van der Waals surface area contributed by atoms with Crippen LogP contribution in [0, 0.1) is 0 Å². The fraction of sp³-hybridized carbons (Fsp3) is 0.533. The summed E-state index contributed by atoms with van der Waals surface area (Å²) >= 11 is 0. The number of hydrogen-bond donors (Lipinski definition) is 2. The molecule has 6 nitrogen and oxygen atoms in total. The van der Waals surface area contributed by atoms with E-state index in [1.54, 1.807) is 0 Å². The number of carbonyl (C=O) groups excluding carboxylic acids is 1. The third kappa shape index (κ3) is 4.26. The lowest BCUT2D eigenvalue weighted by atomic mass is 10.1. The Kier molecular flexibility index (Phi) is 4.57. The Bertz CT molecular complexity index is 614. The van der Waals surface area contributed by atoms with Crippen LogP contribution in [0.1, 0.15) is 46.0 Å². The van der Waals surface area contributed by atoms with Crippen LogP contribution in [0.15, 0.2) is 24.4 Å². The Morgan fingerprint density at radius 2 is 2.10 bits per heavy atom. The normalized spacial score (nSPS) is 13.3. The second-order valence-electron chi connectivity index (χ2n) is 6.20. The van der Waals surface area contributed by atoms with E-state index in [9.17, 15) is 4.79 Å². The molecule has 1 unspecified atom stereocenters. The lowest BCUT2D eigenvalue weighted by Crippen LogP contribution is -2.39. The van der Waals surface area contributed by atoms with E-state index in [1.165, 1.54) is 0 Å². The first-order chi connectivity index (χ1) is 9.87. The van der Waals surface area contributed by atoms with E-state index in [4.69, 9.17) is 0 Å². The molecule has 0 bridgehead atoms. The van der Waals surface area contributed by atoms with Crippen molar-refractivity contribution in [2.24, 2.45) is 0 Å². The van der Waals surface area contributed by atoms with Crippen molar-refractivity contribution in [1.82, 2.24) is 25.2 Å². The monoisotopic (exact) mass is 289 g/mol. The van der Waals surface area contributed by atoms with Crippen molar-refractivity contribution in [3.8, 4) is 0 Å². The zero-order chi connectivity index (χ0) is 15.5. The molecule has 1 amide bonds. The van der Waals surface area contributed by atoms with Crippen molar-refractivity contribution in [2.75, 3.05) is 6.54 Å². The molecule has 2 N–H and O–H groups in total. The van der Waals surface area contributed by atoms with Gasteiger partial charge in [0.15, 0.2) is 11.5 Å². The summed E-state index contributed by atoms with van der Waals surface area (Å²) in [4.78, 5) is 12.0. The molecule has 0 aromatic carbocycles. The minimum atomic E-state index is -0.176. The maximum Gasteiger partial charge on any atom is 0.221 e. The van der Waals surface area contributed by atoms with Gasteiger partial charge in [0.05, 0.1) is 6.04 Å². The van der Waals surface area contributed by atoms with Crippen LogP contribution >= 0.6 is 0 Å². The Balaban J connectivity index is 1.92. The highest BCUT2D eigenvalue weighted by atomic mass is 16.1. The highest BCUT2D eigenvalue weighted by Crippen LogP contribution is 2.11. The molecular formula is C15H23N5O. The lowest BCUT2D eigenvalue weighted by Gasteiger charge is -2.20. The van der Waals surface area contributed by atoms with E-state index in [-0.39, 0.29) is 17.5 Å². The van der Waals surface area contributed by atoms with Gasteiger partial charge >= 0.3 is 0 Å². The molecule has 2 aromatic heterocycles. The standard InChI is InChI=1S/C15H23N5O/c1-11(17-13(21)8-9-16-15(2,3)4)14-19-18-12-7-5-6-10-20(12)14/h5-7,10-11,16H,8-9H2,1-4H3,(H,17,21). The molecule has 0 spiro atoms. The van der Waals surface area contributed by atoms with Crippen LogP contribution in [0.25, 0.3) is 5.65 Å². The van der Waals surface area contributed by atoms with Crippen LogP contribution in [-0.4, -0.2) is 32.6 Å². The maximum atomic E-state index is 12.0. The van der Waals surface area contributed by atoms with E-state index in [0.717, 1.165) is 11.5 Å². The van der Waals surface area contributed by atoms with Gasteiger partial charge in [-0.1, -0.05) is 6.07 Å². The first-order valence-corrected chi connectivity index (χ1v) is 7.21. The van der Waals surface area contributed by atoms with Gasteiger partial charge in [0, 0.05) is 24.7 Å². The van der Waals surface area contributed by atoms with E-state index in [1.807, 2.05) is 35.7 Å². The second kappa shape index (κ2) is 6.22. The van der Waals surface area contributed by atoms with Crippen molar-refractivity contribution < 1.29 is 4.79 Å². The highest BCUT2D eigenvalue weighted by Gasteiger charge is 2.16. The minimum Gasteiger partial charge on any atom is -0.346 e. The van der Waals surface area contributed by atoms with Gasteiger partial charge in [-0.05, 0) is 39.8 Å². The van der Waals surface area contributed by atoms with Gasteiger partial charge in [-0.25, -0.2) is 0 Å². The molecule has 2 rings (SSSR count). The topological polar surface area (TPSA) is 71.3 Å². The number of rotatable bonds is 5. The van der Waals surface area contributed by atoms with Crippen LogP contribution in [0.3, 0.4) is 0 Å². The van der Waals surface area contributed by atoms with Crippen molar-refractivity contribution in [3.63, 3.8) is 0 Å². The molecule has 21 heavy (non-hydrogen) atoms. The fourth-order valence-corrected chi connectivity index (χ4v) is 2.08. The highest BCUT2D eigenvalue weighted by molar-refractivity contribution is 5.76. The smallest absolute Gasteiger partial charge is 0.221 e. The van der Waals surface area contributed by atoms with Crippen molar-refractivity contribution in [1.29, 1.82) is 0 Å². The van der Waals surface area contributed by atoms with Crippen LogP contribution in [0.4, 0.5) is 0 Å². The Labute approximate surface area is 125 Å². The molecule has 2 heterocycles. The van der Waals surface area contributed by atoms with Crippen molar-refractivity contribution >= 4 is 11.6 Å². The van der Waals surface area contributed by atoms with Gasteiger partial charge in [0.1, 0.15) is 0 Å². The molecule has 0 aliphatic carbocycles. The molecule has 0 aliphatic rings. The largest absolute Gasteiger partial charge is 0.346 e. The summed E-state index contributed by atoms with van der Waals surface area (Å²) in [5, 5.41) is 14.5. The number of nitrogens with one attached hydrogen (secondary N) is 2.